The average molecular weight is 559 g/mol. The van der Waals surface area contributed by atoms with Crippen molar-refractivity contribution in [2.45, 2.75) is 56.0 Å². The van der Waals surface area contributed by atoms with Crippen molar-refractivity contribution in [1.29, 1.82) is 5.26 Å². The second-order valence-corrected chi connectivity index (χ2v) is 10.8. The van der Waals surface area contributed by atoms with Crippen LogP contribution in [-0.4, -0.2) is 34.5 Å². The van der Waals surface area contributed by atoms with Crippen molar-refractivity contribution in [3.8, 4) is 6.07 Å². The molecule has 0 N–H and O–H groups in total. The highest BCUT2D eigenvalue weighted by Crippen LogP contribution is 2.52. The first-order valence-electron chi connectivity index (χ1n) is 13.4. The number of benzene rings is 2. The summed E-state index contributed by atoms with van der Waals surface area (Å²) in [6.45, 7) is 0. The van der Waals surface area contributed by atoms with Gasteiger partial charge in [-0.2, -0.15) is 5.26 Å². The summed E-state index contributed by atoms with van der Waals surface area (Å²) >= 11 is 0. The Balaban J connectivity index is 1.52. The van der Waals surface area contributed by atoms with Gasteiger partial charge >= 0.3 is 0 Å². The number of amides is 2. The summed E-state index contributed by atoms with van der Waals surface area (Å²) in [6.07, 6.45) is 0.745. The van der Waals surface area contributed by atoms with Crippen LogP contribution in [0, 0.1) is 23.1 Å². The summed E-state index contributed by atoms with van der Waals surface area (Å²) in [5.41, 5.74) is -0.0430. The summed E-state index contributed by atoms with van der Waals surface area (Å²) in [5.74, 6) is -6.07. The van der Waals surface area contributed by atoms with Gasteiger partial charge in [0.1, 0.15) is 23.2 Å². The fraction of sp³-hybridized carbons (Fsp3) is 0.323. The third-order valence-electron chi connectivity index (χ3n) is 8.37. The lowest BCUT2D eigenvalue weighted by Crippen LogP contribution is -2.61. The van der Waals surface area contributed by atoms with E-state index in [4.69, 9.17) is 0 Å². The zero-order valence-electron chi connectivity index (χ0n) is 21.9. The summed E-state index contributed by atoms with van der Waals surface area (Å²) in [6, 6.07) is 16.1. The van der Waals surface area contributed by atoms with E-state index in [0.29, 0.717) is 12.0 Å². The van der Waals surface area contributed by atoms with Crippen LogP contribution in [0.25, 0.3) is 0 Å². The van der Waals surface area contributed by atoms with Crippen LogP contribution in [0.3, 0.4) is 0 Å². The van der Waals surface area contributed by atoms with Crippen molar-refractivity contribution < 1.29 is 27.6 Å². The average Bonchev–Trinajstić information content (AvgIpc) is 3.53. The summed E-state index contributed by atoms with van der Waals surface area (Å²) < 4.78 is 42.7. The number of fused-ring (bicyclic) bond motifs is 1. The zero-order chi connectivity index (χ0) is 28.9. The van der Waals surface area contributed by atoms with Crippen LogP contribution in [0.15, 0.2) is 66.9 Å². The van der Waals surface area contributed by atoms with Gasteiger partial charge in [-0.05, 0) is 60.7 Å². The Morgan fingerprint density at radius 3 is 2.56 bits per heavy atom. The number of halogens is 3. The lowest BCUT2D eigenvalue weighted by atomic mass is 9.69. The number of carbonyl (C=O) groups excluding carboxylic acids is 3. The Kier molecular flexibility index (Phi) is 6.40. The molecule has 6 rings (SSSR count). The molecule has 1 saturated heterocycles. The molecule has 0 bridgehead atoms. The number of aromatic nitrogens is 1. The van der Waals surface area contributed by atoms with Gasteiger partial charge in [0.05, 0.1) is 11.6 Å². The number of anilines is 2. The summed E-state index contributed by atoms with van der Waals surface area (Å²) in [4.78, 5) is 48.9. The molecule has 2 heterocycles. The van der Waals surface area contributed by atoms with E-state index >= 15 is 0 Å². The van der Waals surface area contributed by atoms with E-state index in [1.165, 1.54) is 46.3 Å². The number of nitriles is 1. The molecule has 1 aliphatic heterocycles. The second-order valence-electron chi connectivity index (χ2n) is 10.8. The SMILES string of the molecule is N#Cc1ccnc(N2C(=O)CC[C@H]2C(=O)N(c2cccc(F)c2)[C@]2(C(=O)C3CC(F)(F)C3)CCc3ccccc32)c1. The molecule has 2 atom stereocenters. The van der Waals surface area contributed by atoms with Gasteiger partial charge in [-0.25, -0.2) is 18.2 Å². The summed E-state index contributed by atoms with van der Waals surface area (Å²) in [5, 5.41) is 9.38. The predicted octanol–water partition coefficient (Wildman–Crippen LogP) is 5.08. The van der Waals surface area contributed by atoms with Gasteiger partial charge in [0.25, 0.3) is 5.91 Å². The molecule has 3 aromatic rings. The quantitative estimate of drug-likeness (QED) is 0.421. The predicted molar refractivity (Wildman–Crippen MR) is 142 cm³/mol. The topological polar surface area (TPSA) is 94.4 Å². The van der Waals surface area contributed by atoms with Crippen LogP contribution in [0.2, 0.25) is 0 Å². The number of Topliss-reactive ketones (excluding diaryl/α,β-unsaturated/α-hetero) is 1. The molecule has 3 aliphatic rings. The maximum absolute atomic E-state index is 14.7. The van der Waals surface area contributed by atoms with Gasteiger partial charge in [0.2, 0.25) is 11.8 Å². The number of ketones is 1. The first kappa shape index (κ1) is 26.7. The Hall–Kier alpha value is -4.52. The molecule has 2 aromatic carbocycles. The van der Waals surface area contributed by atoms with Crippen molar-refractivity contribution in [3.63, 3.8) is 0 Å². The minimum absolute atomic E-state index is 0.0121. The van der Waals surface area contributed by atoms with Crippen LogP contribution in [-0.2, 0) is 26.3 Å². The van der Waals surface area contributed by atoms with Crippen molar-refractivity contribution in [3.05, 3.63) is 89.4 Å². The molecule has 2 fully saturated rings. The van der Waals surface area contributed by atoms with Gasteiger partial charge < -0.3 is 0 Å². The molecular weight excluding hydrogens is 533 g/mol. The fourth-order valence-corrected chi connectivity index (χ4v) is 6.50. The minimum atomic E-state index is -2.97. The van der Waals surface area contributed by atoms with E-state index in [-0.39, 0.29) is 36.3 Å². The second kappa shape index (κ2) is 9.84. The molecule has 1 saturated carbocycles. The largest absolute Gasteiger partial charge is 0.296 e. The van der Waals surface area contributed by atoms with Gasteiger partial charge in [0, 0.05) is 37.1 Å². The highest BCUT2D eigenvalue weighted by atomic mass is 19.3. The van der Waals surface area contributed by atoms with Gasteiger partial charge in [-0.1, -0.05) is 30.3 Å². The van der Waals surface area contributed by atoms with Crippen LogP contribution >= 0.6 is 0 Å². The maximum Gasteiger partial charge on any atom is 0.251 e. The van der Waals surface area contributed by atoms with Crippen molar-refractivity contribution in [1.82, 2.24) is 4.98 Å². The Labute approximate surface area is 234 Å². The van der Waals surface area contributed by atoms with Crippen molar-refractivity contribution in [2.75, 3.05) is 9.80 Å². The third kappa shape index (κ3) is 4.36. The number of pyridine rings is 1. The van der Waals surface area contributed by atoms with E-state index in [2.05, 4.69) is 4.98 Å². The molecule has 41 heavy (non-hydrogen) atoms. The van der Waals surface area contributed by atoms with Crippen LogP contribution in [0.1, 0.15) is 48.8 Å². The summed E-state index contributed by atoms with van der Waals surface area (Å²) in [7, 11) is 0. The van der Waals surface area contributed by atoms with Crippen LogP contribution < -0.4 is 9.80 Å². The lowest BCUT2D eigenvalue weighted by molar-refractivity contribution is -0.154. The normalized spacial score (nSPS) is 23.0. The molecule has 0 radical (unpaired) electrons. The Bertz CT molecular complexity index is 1610. The maximum atomic E-state index is 14.7. The van der Waals surface area contributed by atoms with E-state index in [9.17, 15) is 32.8 Å². The number of nitrogens with zero attached hydrogens (tertiary/aromatic N) is 4. The lowest BCUT2D eigenvalue weighted by Gasteiger charge is -2.47. The van der Waals surface area contributed by atoms with Crippen LogP contribution in [0.4, 0.5) is 24.7 Å². The van der Waals surface area contributed by atoms with Gasteiger partial charge in [-0.15, -0.1) is 0 Å². The zero-order valence-corrected chi connectivity index (χ0v) is 21.9. The van der Waals surface area contributed by atoms with Crippen molar-refractivity contribution in [2.24, 2.45) is 5.92 Å². The number of carbonyl (C=O) groups is 3. The van der Waals surface area contributed by atoms with Gasteiger partial charge in [-0.3, -0.25) is 24.2 Å². The number of alkyl halides is 2. The highest BCUT2D eigenvalue weighted by Gasteiger charge is 2.60. The fourth-order valence-electron chi connectivity index (χ4n) is 6.50. The first-order chi connectivity index (χ1) is 19.6. The number of hydrogen-bond acceptors (Lipinski definition) is 5. The van der Waals surface area contributed by atoms with E-state index in [1.54, 1.807) is 18.2 Å². The van der Waals surface area contributed by atoms with Crippen LogP contribution in [0.5, 0.6) is 0 Å². The molecule has 208 valence electrons. The molecular formula is C31H25F3N4O3. The van der Waals surface area contributed by atoms with E-state index < -0.39 is 59.7 Å². The van der Waals surface area contributed by atoms with Crippen molar-refractivity contribution >= 4 is 29.1 Å². The molecule has 1 aromatic heterocycles. The van der Waals surface area contributed by atoms with Gasteiger partial charge in [0.15, 0.2) is 5.78 Å². The van der Waals surface area contributed by atoms with E-state index in [0.717, 1.165) is 11.6 Å². The Morgan fingerprint density at radius 1 is 1.05 bits per heavy atom. The number of rotatable bonds is 6. The smallest absolute Gasteiger partial charge is 0.251 e. The first-order valence-corrected chi connectivity index (χ1v) is 13.4. The monoisotopic (exact) mass is 558 g/mol. The number of hydrogen-bond donors (Lipinski definition) is 0. The molecule has 2 amide bonds. The molecule has 0 spiro atoms. The molecule has 10 heteroatoms. The molecule has 7 nitrogen and oxygen atoms in total. The molecule has 2 aliphatic carbocycles. The minimum Gasteiger partial charge on any atom is -0.296 e. The van der Waals surface area contributed by atoms with E-state index in [1.807, 2.05) is 12.1 Å². The standard InChI is InChI=1S/C31H25F3N4O3/c32-22-5-3-6-23(15-22)38(29(41)25-8-9-27(39)37(25)26-14-19(18-35)11-13-36-26)31(28(40)21-16-30(33,34)17-21)12-10-20-4-1-2-7-24(20)31/h1-7,11,13-15,21,25H,8-10,12,16-17H2/t25-,31+/m0/s1. The Morgan fingerprint density at radius 2 is 1.83 bits per heavy atom. The number of aryl methyl sites for hydroxylation is 1. The third-order valence-corrected chi connectivity index (χ3v) is 8.37. The highest BCUT2D eigenvalue weighted by molar-refractivity contribution is 6.13. The molecule has 0 unspecified atom stereocenters.